The summed E-state index contributed by atoms with van der Waals surface area (Å²) >= 11 is 1.08. The lowest BCUT2D eigenvalue weighted by molar-refractivity contribution is -0.144. The first-order valence-electron chi connectivity index (χ1n) is 11.7. The van der Waals surface area contributed by atoms with Gasteiger partial charge in [-0.2, -0.15) is 4.98 Å². The Morgan fingerprint density at radius 1 is 1.10 bits per heavy atom. The molecule has 3 aromatic heterocycles. The quantitative estimate of drug-likeness (QED) is 0.292. The van der Waals surface area contributed by atoms with E-state index < -0.39 is 34.9 Å². The van der Waals surface area contributed by atoms with Gasteiger partial charge in [-0.15, -0.1) is 11.3 Å². The van der Waals surface area contributed by atoms with E-state index in [9.17, 15) is 24.0 Å². The number of fused-ring (bicyclic) bond motifs is 1. The number of rotatable bonds is 7. The molecule has 13 heteroatoms. The summed E-state index contributed by atoms with van der Waals surface area (Å²) in [5.41, 5.74) is -0.737. The molecule has 0 saturated heterocycles. The lowest BCUT2D eigenvalue weighted by Crippen LogP contribution is -2.41. The number of hydrogen-bond acceptors (Lipinski definition) is 10. The highest BCUT2D eigenvalue weighted by Gasteiger charge is 2.24. The van der Waals surface area contributed by atoms with E-state index in [2.05, 4.69) is 42.2 Å². The first-order valence-corrected chi connectivity index (χ1v) is 12.5. The van der Waals surface area contributed by atoms with Gasteiger partial charge < -0.3 is 14.8 Å². The van der Waals surface area contributed by atoms with Crippen molar-refractivity contribution in [1.82, 2.24) is 20.3 Å². The van der Waals surface area contributed by atoms with Crippen LogP contribution in [0.3, 0.4) is 0 Å². The van der Waals surface area contributed by atoms with Gasteiger partial charge >= 0.3 is 11.9 Å². The van der Waals surface area contributed by atoms with Gasteiger partial charge in [0.25, 0.3) is 11.5 Å². The first-order chi connectivity index (χ1) is 18.4. The third kappa shape index (κ3) is 7.48. The molecular formula is C26H27N5O7S. The van der Waals surface area contributed by atoms with Crippen LogP contribution in [0.5, 0.6) is 0 Å². The van der Waals surface area contributed by atoms with E-state index in [1.54, 1.807) is 39.0 Å². The zero-order chi connectivity index (χ0) is 28.7. The Hall–Kier alpha value is -4.57. The summed E-state index contributed by atoms with van der Waals surface area (Å²) in [6, 6.07) is 3.70. The van der Waals surface area contributed by atoms with Gasteiger partial charge in [0.05, 0.1) is 24.0 Å². The van der Waals surface area contributed by atoms with Crippen LogP contribution in [0.2, 0.25) is 0 Å². The van der Waals surface area contributed by atoms with Crippen molar-refractivity contribution >= 4 is 52.1 Å². The normalized spacial score (nSPS) is 11.6. The van der Waals surface area contributed by atoms with E-state index in [1.807, 2.05) is 0 Å². The average Bonchev–Trinajstić information content (AvgIpc) is 3.37. The van der Waals surface area contributed by atoms with Crippen molar-refractivity contribution in [3.8, 4) is 11.8 Å². The maximum Gasteiger partial charge on any atom is 0.328 e. The number of esters is 2. The minimum atomic E-state index is -1.03. The van der Waals surface area contributed by atoms with Crippen LogP contribution in [0.4, 0.5) is 5.95 Å². The van der Waals surface area contributed by atoms with Crippen molar-refractivity contribution in [2.24, 2.45) is 5.41 Å². The number of H-pyrrole nitrogens is 1. The van der Waals surface area contributed by atoms with E-state index in [4.69, 9.17) is 4.74 Å². The number of hydrogen-bond donors (Lipinski definition) is 3. The zero-order valence-corrected chi connectivity index (χ0v) is 22.8. The van der Waals surface area contributed by atoms with Gasteiger partial charge in [-0.1, -0.05) is 32.6 Å². The molecule has 2 amide bonds. The Morgan fingerprint density at radius 3 is 2.51 bits per heavy atom. The van der Waals surface area contributed by atoms with Gasteiger partial charge in [0, 0.05) is 23.6 Å². The van der Waals surface area contributed by atoms with Gasteiger partial charge in [0.15, 0.2) is 5.65 Å². The molecule has 0 aliphatic carbocycles. The lowest BCUT2D eigenvalue weighted by atomic mass is 9.96. The fourth-order valence-corrected chi connectivity index (χ4v) is 3.93. The smallest absolute Gasteiger partial charge is 0.328 e. The third-order valence-corrected chi connectivity index (χ3v) is 6.33. The second-order valence-electron chi connectivity index (χ2n) is 9.25. The predicted octanol–water partition coefficient (Wildman–Crippen LogP) is 1.99. The topological polar surface area (TPSA) is 169 Å². The predicted molar refractivity (Wildman–Crippen MR) is 143 cm³/mol. The molecule has 12 nitrogen and oxygen atoms in total. The standard InChI is InChI=1S/C26H27N5O7S/c1-26(2,3)24(36)31-25-29-20-19(22(34)30-25)14(12-13-27-20)6-7-15-8-10-17(39-15)21(33)28-16(23(35)38-5)9-11-18(32)37-4/h8,10,12-13,16H,9,11H2,1-5H3,(H,28,33)(H2,27,29,30,31,34,36)/t16-/m0/s1. The van der Waals surface area contributed by atoms with Crippen molar-refractivity contribution in [2.75, 3.05) is 19.5 Å². The molecule has 1 atom stereocenters. The molecule has 3 aromatic rings. The Morgan fingerprint density at radius 2 is 1.85 bits per heavy atom. The number of aromatic nitrogens is 3. The minimum Gasteiger partial charge on any atom is -0.469 e. The van der Waals surface area contributed by atoms with E-state index in [-0.39, 0.29) is 40.6 Å². The second kappa shape index (κ2) is 12.3. The average molecular weight is 554 g/mol. The van der Waals surface area contributed by atoms with Crippen LogP contribution in [0.25, 0.3) is 11.0 Å². The number of amides is 2. The van der Waals surface area contributed by atoms with Crippen molar-refractivity contribution in [3.05, 3.63) is 50.1 Å². The molecule has 0 fully saturated rings. The monoisotopic (exact) mass is 553 g/mol. The maximum absolute atomic E-state index is 12.8. The Kier molecular flexibility index (Phi) is 9.16. The number of pyridine rings is 1. The number of anilines is 1. The van der Waals surface area contributed by atoms with E-state index >= 15 is 0 Å². The van der Waals surface area contributed by atoms with Crippen molar-refractivity contribution in [3.63, 3.8) is 0 Å². The molecule has 3 N–H and O–H groups in total. The van der Waals surface area contributed by atoms with Crippen LogP contribution in [0.15, 0.2) is 29.2 Å². The zero-order valence-electron chi connectivity index (χ0n) is 22.0. The summed E-state index contributed by atoms with van der Waals surface area (Å²) in [4.78, 5) is 72.9. The molecule has 0 saturated carbocycles. The molecule has 3 heterocycles. The first kappa shape index (κ1) is 29.0. The molecule has 0 aliphatic rings. The minimum absolute atomic E-state index is 0.0163. The van der Waals surface area contributed by atoms with Crippen molar-refractivity contribution in [1.29, 1.82) is 0 Å². The van der Waals surface area contributed by atoms with Crippen LogP contribution >= 0.6 is 11.3 Å². The number of aromatic amines is 1. The Labute approximate surface area is 227 Å². The number of carbonyl (C=O) groups is 4. The van der Waals surface area contributed by atoms with E-state index in [0.717, 1.165) is 11.3 Å². The molecule has 0 spiro atoms. The molecular weight excluding hydrogens is 526 g/mol. The molecule has 204 valence electrons. The molecule has 3 rings (SSSR count). The molecule has 0 aliphatic heterocycles. The molecule has 0 aromatic carbocycles. The number of nitrogens with one attached hydrogen (secondary N) is 3. The molecule has 0 bridgehead atoms. The number of ether oxygens (including phenoxy) is 2. The highest BCUT2D eigenvalue weighted by Crippen LogP contribution is 2.18. The largest absolute Gasteiger partial charge is 0.469 e. The van der Waals surface area contributed by atoms with Crippen LogP contribution in [-0.4, -0.2) is 59.0 Å². The summed E-state index contributed by atoms with van der Waals surface area (Å²) in [5, 5.41) is 5.29. The summed E-state index contributed by atoms with van der Waals surface area (Å²) in [6.45, 7) is 5.20. The third-order valence-electron chi connectivity index (χ3n) is 5.33. The summed E-state index contributed by atoms with van der Waals surface area (Å²) in [5.74, 6) is 3.74. The number of thiophene rings is 1. The van der Waals surface area contributed by atoms with Crippen LogP contribution in [-0.2, 0) is 23.9 Å². The highest BCUT2D eigenvalue weighted by atomic mass is 32.1. The summed E-state index contributed by atoms with van der Waals surface area (Å²) < 4.78 is 9.28. The summed E-state index contributed by atoms with van der Waals surface area (Å²) in [6.07, 6.45) is 1.39. The highest BCUT2D eigenvalue weighted by molar-refractivity contribution is 7.14. The van der Waals surface area contributed by atoms with E-state index in [1.165, 1.54) is 20.4 Å². The van der Waals surface area contributed by atoms with Crippen molar-refractivity contribution in [2.45, 2.75) is 39.7 Å². The van der Waals surface area contributed by atoms with Crippen LogP contribution in [0.1, 0.15) is 53.7 Å². The van der Waals surface area contributed by atoms with Gasteiger partial charge in [-0.25, -0.2) is 9.78 Å². The van der Waals surface area contributed by atoms with Gasteiger partial charge in [0.2, 0.25) is 11.9 Å². The fraction of sp³-hybridized carbons (Fsp3) is 0.346. The van der Waals surface area contributed by atoms with Gasteiger partial charge in [-0.3, -0.25) is 29.5 Å². The Bertz CT molecular complexity index is 1540. The Balaban J connectivity index is 1.80. The lowest BCUT2D eigenvalue weighted by Gasteiger charge is -2.16. The van der Waals surface area contributed by atoms with Crippen LogP contribution < -0.4 is 16.2 Å². The summed E-state index contributed by atoms with van der Waals surface area (Å²) in [7, 11) is 2.42. The van der Waals surface area contributed by atoms with Crippen molar-refractivity contribution < 1.29 is 28.7 Å². The number of carbonyl (C=O) groups excluding carboxylic acids is 4. The molecule has 39 heavy (non-hydrogen) atoms. The van der Waals surface area contributed by atoms with Gasteiger partial charge in [0.1, 0.15) is 11.4 Å². The second-order valence-corrected chi connectivity index (χ2v) is 10.3. The maximum atomic E-state index is 12.8. The molecule has 0 radical (unpaired) electrons. The number of methoxy groups -OCH3 is 2. The van der Waals surface area contributed by atoms with E-state index in [0.29, 0.717) is 10.4 Å². The van der Waals surface area contributed by atoms with Gasteiger partial charge in [-0.05, 0) is 24.6 Å². The fourth-order valence-electron chi connectivity index (χ4n) is 3.16. The van der Waals surface area contributed by atoms with Crippen LogP contribution in [0, 0.1) is 17.3 Å². The molecule has 0 unspecified atom stereocenters. The number of nitrogens with zero attached hydrogens (tertiary/aromatic N) is 2. The SMILES string of the molecule is COC(=O)CC[C@H](NC(=O)c1ccc(C#Cc2ccnc3nc(NC(=O)C(C)(C)C)[nH]c(=O)c23)s1)C(=O)OC.